The lowest BCUT2D eigenvalue weighted by molar-refractivity contribution is 0.0963. The van der Waals surface area contributed by atoms with Crippen LogP contribution in [0.5, 0.6) is 5.75 Å². The van der Waals surface area contributed by atoms with Crippen LogP contribution in [0, 0.1) is 5.92 Å². The summed E-state index contributed by atoms with van der Waals surface area (Å²) < 4.78 is 10.6. The van der Waals surface area contributed by atoms with Gasteiger partial charge < -0.3 is 14.6 Å². The highest BCUT2D eigenvalue weighted by atomic mass is 16.5. The molecule has 1 rings (SSSR count). The van der Waals surface area contributed by atoms with Crippen LogP contribution in [-0.2, 0) is 4.74 Å². The SMILES string of the molecule is CCC(CC)C(O)c1ccccc1OCCOC. The number of methoxy groups -OCH3 is 1. The third kappa shape index (κ3) is 4.00. The Labute approximate surface area is 110 Å². The van der Waals surface area contributed by atoms with E-state index in [9.17, 15) is 5.11 Å². The number of rotatable bonds is 8. The van der Waals surface area contributed by atoms with E-state index >= 15 is 0 Å². The summed E-state index contributed by atoms with van der Waals surface area (Å²) in [6.45, 7) is 5.26. The summed E-state index contributed by atoms with van der Waals surface area (Å²) in [6, 6.07) is 7.69. The van der Waals surface area contributed by atoms with Gasteiger partial charge in [0.05, 0.1) is 12.7 Å². The van der Waals surface area contributed by atoms with E-state index in [1.165, 1.54) is 0 Å². The Kier molecular flexibility index (Phi) is 6.76. The van der Waals surface area contributed by atoms with Gasteiger partial charge in [0.15, 0.2) is 0 Å². The molecule has 0 aliphatic rings. The summed E-state index contributed by atoms with van der Waals surface area (Å²) in [6.07, 6.45) is 1.47. The average molecular weight is 252 g/mol. The van der Waals surface area contributed by atoms with Crippen molar-refractivity contribution in [2.24, 2.45) is 5.92 Å². The second-order valence-corrected chi connectivity index (χ2v) is 4.40. The summed E-state index contributed by atoms with van der Waals surface area (Å²) in [5.41, 5.74) is 0.877. The molecule has 1 aromatic carbocycles. The van der Waals surface area contributed by atoms with Gasteiger partial charge in [0.1, 0.15) is 12.4 Å². The minimum absolute atomic E-state index is 0.275. The topological polar surface area (TPSA) is 38.7 Å². The molecular formula is C15H24O3. The van der Waals surface area contributed by atoms with Crippen LogP contribution in [0.4, 0.5) is 0 Å². The molecule has 0 amide bonds. The van der Waals surface area contributed by atoms with Gasteiger partial charge in [-0.3, -0.25) is 0 Å². The maximum Gasteiger partial charge on any atom is 0.125 e. The van der Waals surface area contributed by atoms with Gasteiger partial charge in [0, 0.05) is 12.7 Å². The fraction of sp³-hybridized carbons (Fsp3) is 0.600. The van der Waals surface area contributed by atoms with Crippen molar-refractivity contribution in [2.75, 3.05) is 20.3 Å². The van der Waals surface area contributed by atoms with Crippen LogP contribution in [0.15, 0.2) is 24.3 Å². The summed E-state index contributed by atoms with van der Waals surface area (Å²) in [4.78, 5) is 0. The van der Waals surface area contributed by atoms with Gasteiger partial charge in [-0.05, 0) is 12.0 Å². The van der Waals surface area contributed by atoms with Gasteiger partial charge in [-0.25, -0.2) is 0 Å². The van der Waals surface area contributed by atoms with E-state index in [4.69, 9.17) is 9.47 Å². The lowest BCUT2D eigenvalue weighted by Crippen LogP contribution is -2.13. The first-order chi connectivity index (χ1) is 8.74. The summed E-state index contributed by atoms with van der Waals surface area (Å²) in [7, 11) is 1.65. The molecule has 18 heavy (non-hydrogen) atoms. The molecule has 3 heteroatoms. The monoisotopic (exact) mass is 252 g/mol. The van der Waals surface area contributed by atoms with Crippen molar-refractivity contribution in [3.63, 3.8) is 0 Å². The summed E-state index contributed by atoms with van der Waals surface area (Å²) in [5.74, 6) is 1.03. The quantitative estimate of drug-likeness (QED) is 0.722. The minimum atomic E-state index is -0.459. The van der Waals surface area contributed by atoms with E-state index in [1.54, 1.807) is 7.11 Å². The fourth-order valence-corrected chi connectivity index (χ4v) is 2.08. The molecule has 0 fully saturated rings. The lowest BCUT2D eigenvalue weighted by atomic mass is 9.91. The molecule has 0 radical (unpaired) electrons. The van der Waals surface area contributed by atoms with E-state index in [1.807, 2.05) is 24.3 Å². The zero-order chi connectivity index (χ0) is 13.4. The largest absolute Gasteiger partial charge is 0.491 e. The number of benzene rings is 1. The number of aliphatic hydroxyl groups is 1. The third-order valence-electron chi connectivity index (χ3n) is 3.28. The highest BCUT2D eigenvalue weighted by Gasteiger charge is 2.20. The van der Waals surface area contributed by atoms with Crippen molar-refractivity contribution >= 4 is 0 Å². The Morgan fingerprint density at radius 3 is 2.39 bits per heavy atom. The Morgan fingerprint density at radius 1 is 1.11 bits per heavy atom. The van der Waals surface area contributed by atoms with Gasteiger partial charge in [-0.2, -0.15) is 0 Å². The summed E-state index contributed by atoms with van der Waals surface area (Å²) >= 11 is 0. The van der Waals surface area contributed by atoms with Crippen molar-refractivity contribution in [1.82, 2.24) is 0 Å². The molecule has 0 aromatic heterocycles. The number of hydrogen-bond donors (Lipinski definition) is 1. The van der Waals surface area contributed by atoms with Crippen LogP contribution < -0.4 is 4.74 Å². The zero-order valence-corrected chi connectivity index (χ0v) is 11.6. The number of ether oxygens (including phenoxy) is 2. The third-order valence-corrected chi connectivity index (χ3v) is 3.28. The Hall–Kier alpha value is -1.06. The van der Waals surface area contributed by atoms with Crippen LogP contribution in [0.3, 0.4) is 0 Å². The highest BCUT2D eigenvalue weighted by Crippen LogP contribution is 2.33. The van der Waals surface area contributed by atoms with Crippen LogP contribution in [0.25, 0.3) is 0 Å². The Morgan fingerprint density at radius 2 is 1.78 bits per heavy atom. The molecule has 102 valence electrons. The fourth-order valence-electron chi connectivity index (χ4n) is 2.08. The van der Waals surface area contributed by atoms with Crippen molar-refractivity contribution in [2.45, 2.75) is 32.8 Å². The highest BCUT2D eigenvalue weighted by molar-refractivity contribution is 5.35. The van der Waals surface area contributed by atoms with E-state index in [2.05, 4.69) is 13.8 Å². The molecule has 1 atom stereocenters. The van der Waals surface area contributed by atoms with E-state index < -0.39 is 6.10 Å². The molecule has 1 aromatic rings. The van der Waals surface area contributed by atoms with Crippen LogP contribution >= 0.6 is 0 Å². The first kappa shape index (κ1) is 15.0. The van der Waals surface area contributed by atoms with E-state index in [0.717, 1.165) is 24.2 Å². The van der Waals surface area contributed by atoms with Crippen molar-refractivity contribution < 1.29 is 14.6 Å². The molecule has 3 nitrogen and oxygen atoms in total. The molecular weight excluding hydrogens is 228 g/mol. The van der Waals surface area contributed by atoms with Gasteiger partial charge in [-0.1, -0.05) is 44.9 Å². The molecule has 0 aliphatic heterocycles. The minimum Gasteiger partial charge on any atom is -0.491 e. The smallest absolute Gasteiger partial charge is 0.125 e. The van der Waals surface area contributed by atoms with E-state index in [-0.39, 0.29) is 5.92 Å². The van der Waals surface area contributed by atoms with Crippen molar-refractivity contribution in [3.8, 4) is 5.75 Å². The molecule has 0 aliphatic carbocycles. The molecule has 0 heterocycles. The second-order valence-electron chi connectivity index (χ2n) is 4.40. The predicted octanol–water partition coefficient (Wildman–Crippen LogP) is 3.18. The van der Waals surface area contributed by atoms with Gasteiger partial charge >= 0.3 is 0 Å². The Balaban J connectivity index is 2.79. The molecule has 0 saturated heterocycles. The maximum atomic E-state index is 10.4. The normalized spacial score (nSPS) is 12.7. The number of para-hydroxylation sites is 1. The van der Waals surface area contributed by atoms with Gasteiger partial charge in [0.25, 0.3) is 0 Å². The van der Waals surface area contributed by atoms with Crippen molar-refractivity contribution in [1.29, 1.82) is 0 Å². The van der Waals surface area contributed by atoms with Crippen LogP contribution in [0.2, 0.25) is 0 Å². The average Bonchev–Trinajstić information content (AvgIpc) is 2.41. The molecule has 0 saturated carbocycles. The first-order valence-corrected chi connectivity index (χ1v) is 6.63. The van der Waals surface area contributed by atoms with Crippen LogP contribution in [0.1, 0.15) is 38.4 Å². The predicted molar refractivity (Wildman–Crippen MR) is 72.8 cm³/mol. The first-order valence-electron chi connectivity index (χ1n) is 6.63. The molecule has 1 unspecified atom stereocenters. The lowest BCUT2D eigenvalue weighted by Gasteiger charge is -2.22. The number of aliphatic hydroxyl groups excluding tert-OH is 1. The second kappa shape index (κ2) is 8.11. The zero-order valence-electron chi connectivity index (χ0n) is 11.6. The molecule has 0 bridgehead atoms. The molecule has 1 N–H and O–H groups in total. The Bertz CT molecular complexity index is 334. The van der Waals surface area contributed by atoms with Crippen molar-refractivity contribution in [3.05, 3.63) is 29.8 Å². The maximum absolute atomic E-state index is 10.4. The van der Waals surface area contributed by atoms with Crippen LogP contribution in [-0.4, -0.2) is 25.4 Å². The van der Waals surface area contributed by atoms with Gasteiger partial charge in [0.2, 0.25) is 0 Å². The standard InChI is InChI=1S/C15H24O3/c1-4-12(5-2)15(16)13-8-6-7-9-14(13)18-11-10-17-3/h6-9,12,15-16H,4-5,10-11H2,1-3H3. The summed E-state index contributed by atoms with van der Waals surface area (Å²) in [5, 5.41) is 10.4. The van der Waals surface area contributed by atoms with E-state index in [0.29, 0.717) is 13.2 Å². The van der Waals surface area contributed by atoms with Gasteiger partial charge in [-0.15, -0.1) is 0 Å². The molecule has 0 spiro atoms. The number of hydrogen-bond acceptors (Lipinski definition) is 3.